The van der Waals surface area contributed by atoms with Crippen LogP contribution in [-0.2, 0) is 6.54 Å². The number of hydrogen-bond acceptors (Lipinski definition) is 2. The molecule has 1 aliphatic rings. The van der Waals surface area contributed by atoms with E-state index in [2.05, 4.69) is 12.2 Å². The zero-order valence-corrected chi connectivity index (χ0v) is 11.1. The van der Waals surface area contributed by atoms with Crippen molar-refractivity contribution in [2.45, 2.75) is 39.2 Å². The van der Waals surface area contributed by atoms with Gasteiger partial charge in [0.2, 0.25) is 0 Å². The van der Waals surface area contributed by atoms with Crippen LogP contribution in [0.25, 0.3) is 0 Å². The summed E-state index contributed by atoms with van der Waals surface area (Å²) < 4.78 is 0. The highest BCUT2D eigenvalue weighted by molar-refractivity contribution is 6.31. The first-order chi connectivity index (χ1) is 8.17. The molecule has 0 unspecified atom stereocenters. The third-order valence-corrected chi connectivity index (χ3v) is 4.41. The molecule has 94 valence electrons. The average molecular weight is 254 g/mol. The van der Waals surface area contributed by atoms with Gasteiger partial charge < -0.3 is 10.4 Å². The van der Waals surface area contributed by atoms with Crippen LogP contribution in [0.3, 0.4) is 0 Å². The molecule has 0 aromatic heterocycles. The molecule has 0 saturated heterocycles. The lowest BCUT2D eigenvalue weighted by Crippen LogP contribution is -2.39. The molecule has 1 aromatic carbocycles. The number of nitrogens with one attached hydrogen (secondary N) is 1. The third kappa shape index (κ3) is 2.75. The van der Waals surface area contributed by atoms with Crippen molar-refractivity contribution in [1.29, 1.82) is 0 Å². The van der Waals surface area contributed by atoms with Crippen LogP contribution in [-0.4, -0.2) is 11.7 Å². The Morgan fingerprint density at radius 3 is 2.71 bits per heavy atom. The summed E-state index contributed by atoms with van der Waals surface area (Å²) >= 11 is 6.06. The van der Waals surface area contributed by atoms with Gasteiger partial charge in [0.1, 0.15) is 5.75 Å². The molecule has 0 bridgehead atoms. The lowest BCUT2D eigenvalue weighted by molar-refractivity contribution is 0.123. The summed E-state index contributed by atoms with van der Waals surface area (Å²) in [5, 5.41) is 13.8. The van der Waals surface area contributed by atoms with Gasteiger partial charge in [-0.15, -0.1) is 0 Å². The number of aromatic hydroxyl groups is 1. The van der Waals surface area contributed by atoms with E-state index in [1.165, 1.54) is 25.7 Å². The molecule has 0 spiro atoms. The van der Waals surface area contributed by atoms with Crippen molar-refractivity contribution in [3.63, 3.8) is 0 Å². The fourth-order valence-corrected chi connectivity index (χ4v) is 2.74. The van der Waals surface area contributed by atoms with E-state index in [9.17, 15) is 5.11 Å². The van der Waals surface area contributed by atoms with Crippen LogP contribution in [0.15, 0.2) is 18.2 Å². The van der Waals surface area contributed by atoms with Crippen LogP contribution in [0.1, 0.15) is 38.2 Å². The second-order valence-corrected chi connectivity index (χ2v) is 5.46. The van der Waals surface area contributed by atoms with Crippen LogP contribution in [0.5, 0.6) is 5.75 Å². The summed E-state index contributed by atoms with van der Waals surface area (Å²) in [6.07, 6.45) is 5.23. The maximum atomic E-state index is 9.72. The molecule has 0 atom stereocenters. The van der Waals surface area contributed by atoms with E-state index >= 15 is 0 Å². The summed E-state index contributed by atoms with van der Waals surface area (Å²) in [5.41, 5.74) is 1.30. The Morgan fingerprint density at radius 1 is 1.41 bits per heavy atom. The maximum absolute atomic E-state index is 9.72. The average Bonchev–Trinajstić information content (AvgIpc) is 2.26. The Labute approximate surface area is 108 Å². The predicted molar refractivity (Wildman–Crippen MR) is 71.4 cm³/mol. The predicted octanol–water partition coefficient (Wildman–Crippen LogP) is 3.72. The van der Waals surface area contributed by atoms with Gasteiger partial charge in [-0.3, -0.25) is 0 Å². The number of rotatable bonds is 5. The van der Waals surface area contributed by atoms with Crippen molar-refractivity contribution < 1.29 is 5.11 Å². The highest BCUT2D eigenvalue weighted by Crippen LogP contribution is 2.43. The summed E-state index contributed by atoms with van der Waals surface area (Å²) in [6.45, 7) is 3.93. The first kappa shape index (κ1) is 12.7. The minimum atomic E-state index is 0.282. The minimum absolute atomic E-state index is 0.282. The minimum Gasteiger partial charge on any atom is -0.508 e. The van der Waals surface area contributed by atoms with Crippen LogP contribution in [0.4, 0.5) is 0 Å². The van der Waals surface area contributed by atoms with E-state index in [1.54, 1.807) is 12.1 Å². The van der Waals surface area contributed by atoms with E-state index in [0.29, 0.717) is 17.0 Å². The lowest BCUT2D eigenvalue weighted by Gasteiger charge is -2.41. The molecule has 1 aromatic rings. The van der Waals surface area contributed by atoms with Crippen molar-refractivity contribution in [1.82, 2.24) is 5.32 Å². The molecule has 0 radical (unpaired) electrons. The van der Waals surface area contributed by atoms with Gasteiger partial charge in [-0.25, -0.2) is 0 Å². The maximum Gasteiger partial charge on any atom is 0.121 e. The zero-order valence-electron chi connectivity index (χ0n) is 10.3. The summed E-state index contributed by atoms with van der Waals surface area (Å²) in [5.74, 6) is 0.282. The van der Waals surface area contributed by atoms with Crippen molar-refractivity contribution >= 4 is 11.6 Å². The molecule has 17 heavy (non-hydrogen) atoms. The van der Waals surface area contributed by atoms with E-state index in [4.69, 9.17) is 11.6 Å². The molecule has 2 nitrogen and oxygen atoms in total. The number of benzene rings is 1. The van der Waals surface area contributed by atoms with E-state index in [1.807, 2.05) is 6.07 Å². The second kappa shape index (κ2) is 5.28. The molecule has 2 rings (SSSR count). The van der Waals surface area contributed by atoms with Crippen LogP contribution < -0.4 is 5.32 Å². The highest BCUT2D eigenvalue weighted by Gasteiger charge is 2.34. The Kier molecular flexibility index (Phi) is 3.95. The van der Waals surface area contributed by atoms with Gasteiger partial charge in [0.05, 0.1) is 0 Å². The summed E-state index contributed by atoms with van der Waals surface area (Å²) in [7, 11) is 0. The number of halogens is 1. The van der Waals surface area contributed by atoms with Gasteiger partial charge in [-0.2, -0.15) is 0 Å². The van der Waals surface area contributed by atoms with Crippen LogP contribution >= 0.6 is 11.6 Å². The smallest absolute Gasteiger partial charge is 0.121 e. The molecule has 1 saturated carbocycles. The van der Waals surface area contributed by atoms with Gasteiger partial charge >= 0.3 is 0 Å². The lowest BCUT2D eigenvalue weighted by atomic mass is 9.67. The van der Waals surface area contributed by atoms with Crippen molar-refractivity contribution in [3.05, 3.63) is 28.8 Å². The number of phenolic OH excluding ortho intramolecular Hbond substituents is 1. The Morgan fingerprint density at radius 2 is 2.18 bits per heavy atom. The van der Waals surface area contributed by atoms with Crippen LogP contribution in [0, 0.1) is 5.41 Å². The quantitative estimate of drug-likeness (QED) is 0.838. The fourth-order valence-electron chi connectivity index (χ4n) is 2.51. The second-order valence-electron chi connectivity index (χ2n) is 5.05. The highest BCUT2D eigenvalue weighted by atomic mass is 35.5. The van der Waals surface area contributed by atoms with Gasteiger partial charge in [-0.1, -0.05) is 31.0 Å². The Bertz CT molecular complexity index is 362. The molecule has 1 aliphatic carbocycles. The molecule has 0 heterocycles. The number of phenols is 1. The van der Waals surface area contributed by atoms with Gasteiger partial charge in [-0.05, 0) is 36.8 Å². The SMILES string of the molecule is CCC1(CNCc2c(O)cccc2Cl)CCC1. The summed E-state index contributed by atoms with van der Waals surface area (Å²) in [4.78, 5) is 0. The van der Waals surface area contributed by atoms with Crippen molar-refractivity contribution in [2.75, 3.05) is 6.54 Å². The van der Waals surface area contributed by atoms with Gasteiger partial charge in [0.15, 0.2) is 0 Å². The fraction of sp³-hybridized carbons (Fsp3) is 0.571. The molecule has 2 N–H and O–H groups in total. The van der Waals surface area contributed by atoms with E-state index in [-0.39, 0.29) is 5.75 Å². The molecule has 1 fully saturated rings. The van der Waals surface area contributed by atoms with Gasteiger partial charge in [0.25, 0.3) is 0 Å². The van der Waals surface area contributed by atoms with Crippen molar-refractivity contribution in [3.8, 4) is 5.75 Å². The molecular formula is C14H20ClNO. The van der Waals surface area contributed by atoms with Crippen LogP contribution in [0.2, 0.25) is 5.02 Å². The molecular weight excluding hydrogens is 234 g/mol. The summed E-state index contributed by atoms with van der Waals surface area (Å²) in [6, 6.07) is 5.26. The first-order valence-corrected chi connectivity index (χ1v) is 6.72. The normalized spacial score (nSPS) is 17.8. The van der Waals surface area contributed by atoms with Gasteiger partial charge in [0, 0.05) is 23.7 Å². The van der Waals surface area contributed by atoms with Crippen molar-refractivity contribution in [2.24, 2.45) is 5.41 Å². The standard InChI is InChI=1S/C14H20ClNO/c1-2-14(7-4-8-14)10-16-9-11-12(15)5-3-6-13(11)17/h3,5-6,16-17H,2,4,7-10H2,1H3. The Hall–Kier alpha value is -0.730. The first-order valence-electron chi connectivity index (χ1n) is 6.34. The molecule has 0 amide bonds. The molecule has 0 aliphatic heterocycles. The monoisotopic (exact) mass is 253 g/mol. The number of hydrogen-bond donors (Lipinski definition) is 2. The van der Waals surface area contributed by atoms with E-state index in [0.717, 1.165) is 12.1 Å². The third-order valence-electron chi connectivity index (χ3n) is 4.06. The molecule has 3 heteroatoms. The zero-order chi connectivity index (χ0) is 12.3. The Balaban J connectivity index is 1.90. The largest absolute Gasteiger partial charge is 0.508 e. The van der Waals surface area contributed by atoms with E-state index < -0.39 is 0 Å². The topological polar surface area (TPSA) is 32.3 Å².